The highest BCUT2D eigenvalue weighted by Gasteiger charge is 2.47. The Morgan fingerprint density at radius 1 is 1.10 bits per heavy atom. The molecule has 0 aliphatic heterocycles. The third-order valence-corrected chi connectivity index (χ3v) is 7.01. The molecule has 2 aliphatic carbocycles. The molecule has 0 saturated heterocycles. The van der Waals surface area contributed by atoms with Gasteiger partial charge in [0.25, 0.3) is 0 Å². The molecule has 2 heteroatoms. The minimum atomic E-state index is 0.249. The molecule has 2 fully saturated rings. The number of nitrogens with two attached hydrogens (primary N) is 1. The second kappa shape index (κ2) is 6.58. The Bertz CT molecular complexity index is 330. The van der Waals surface area contributed by atoms with Crippen molar-refractivity contribution in [3.63, 3.8) is 0 Å². The van der Waals surface area contributed by atoms with Gasteiger partial charge in [-0.1, -0.05) is 34.1 Å². The zero-order chi connectivity index (χ0) is 15.7. The van der Waals surface area contributed by atoms with Crippen molar-refractivity contribution >= 4 is 0 Å². The SMILES string of the molecule is CCC1CCC(N(C)C2(CN)CCC(C)(C)CC2C)CC1. The van der Waals surface area contributed by atoms with Gasteiger partial charge in [0.1, 0.15) is 0 Å². The number of hydrogen-bond acceptors (Lipinski definition) is 2. The summed E-state index contributed by atoms with van der Waals surface area (Å²) in [6.07, 6.45) is 10.9. The number of hydrogen-bond donors (Lipinski definition) is 1. The van der Waals surface area contributed by atoms with Gasteiger partial charge in [0.05, 0.1) is 0 Å². The quantitative estimate of drug-likeness (QED) is 0.831. The molecule has 2 unspecified atom stereocenters. The molecule has 2 rings (SSSR count). The van der Waals surface area contributed by atoms with Crippen LogP contribution in [0.3, 0.4) is 0 Å². The lowest BCUT2D eigenvalue weighted by Gasteiger charge is -2.55. The van der Waals surface area contributed by atoms with Crippen LogP contribution in [0.4, 0.5) is 0 Å². The molecule has 0 aromatic rings. The lowest BCUT2D eigenvalue weighted by molar-refractivity contribution is -0.0409. The van der Waals surface area contributed by atoms with E-state index in [9.17, 15) is 0 Å². The maximum absolute atomic E-state index is 6.34. The molecule has 0 spiro atoms. The van der Waals surface area contributed by atoms with Gasteiger partial charge >= 0.3 is 0 Å². The standard InChI is InChI=1S/C19H38N2/c1-6-16-7-9-17(10-8-16)21(5)19(14-20)12-11-18(3,4)13-15(19)2/h15-17H,6-14,20H2,1-5H3. The Kier molecular flexibility index (Phi) is 5.41. The highest BCUT2D eigenvalue weighted by molar-refractivity contribution is 5.03. The van der Waals surface area contributed by atoms with Crippen molar-refractivity contribution in [2.75, 3.05) is 13.6 Å². The van der Waals surface area contributed by atoms with Gasteiger partial charge < -0.3 is 5.73 Å². The van der Waals surface area contributed by atoms with E-state index in [0.29, 0.717) is 11.3 Å². The maximum atomic E-state index is 6.34. The van der Waals surface area contributed by atoms with Crippen LogP contribution in [0, 0.1) is 17.3 Å². The predicted octanol–water partition coefficient (Wildman–Crippen LogP) is 4.43. The first-order valence-corrected chi connectivity index (χ1v) is 9.27. The lowest BCUT2D eigenvalue weighted by atomic mass is 9.62. The normalized spacial score (nSPS) is 40.4. The van der Waals surface area contributed by atoms with E-state index >= 15 is 0 Å². The minimum absolute atomic E-state index is 0.249. The molecule has 0 bridgehead atoms. The lowest BCUT2D eigenvalue weighted by Crippen LogP contribution is -2.62. The molecule has 2 atom stereocenters. The third kappa shape index (κ3) is 3.47. The molecule has 0 aromatic carbocycles. The first-order valence-electron chi connectivity index (χ1n) is 9.27. The number of rotatable bonds is 4. The first kappa shape index (κ1) is 17.3. The average Bonchev–Trinajstić information content (AvgIpc) is 2.47. The molecule has 2 N–H and O–H groups in total. The van der Waals surface area contributed by atoms with Crippen molar-refractivity contribution < 1.29 is 0 Å². The van der Waals surface area contributed by atoms with Crippen molar-refractivity contribution in [3.8, 4) is 0 Å². The molecular formula is C19H38N2. The van der Waals surface area contributed by atoms with E-state index in [1.165, 1.54) is 51.4 Å². The molecule has 21 heavy (non-hydrogen) atoms. The van der Waals surface area contributed by atoms with Crippen molar-refractivity contribution in [1.82, 2.24) is 4.90 Å². The van der Waals surface area contributed by atoms with Crippen LogP contribution >= 0.6 is 0 Å². The summed E-state index contributed by atoms with van der Waals surface area (Å²) in [5, 5.41) is 0. The second-order valence-electron chi connectivity index (χ2n) is 8.77. The van der Waals surface area contributed by atoms with Crippen LogP contribution < -0.4 is 5.73 Å². The van der Waals surface area contributed by atoms with Crippen molar-refractivity contribution in [2.24, 2.45) is 23.0 Å². The van der Waals surface area contributed by atoms with E-state index < -0.39 is 0 Å². The molecule has 2 saturated carbocycles. The van der Waals surface area contributed by atoms with Gasteiger partial charge in [-0.15, -0.1) is 0 Å². The van der Waals surface area contributed by atoms with Crippen LogP contribution in [-0.4, -0.2) is 30.1 Å². The van der Waals surface area contributed by atoms with Crippen LogP contribution in [-0.2, 0) is 0 Å². The van der Waals surface area contributed by atoms with Crippen LogP contribution in [0.15, 0.2) is 0 Å². The Morgan fingerprint density at radius 2 is 1.71 bits per heavy atom. The average molecular weight is 295 g/mol. The summed E-state index contributed by atoms with van der Waals surface area (Å²) in [7, 11) is 2.37. The van der Waals surface area contributed by atoms with Gasteiger partial charge in [-0.3, -0.25) is 4.90 Å². The fraction of sp³-hybridized carbons (Fsp3) is 1.00. The Balaban J connectivity index is 2.06. The Labute approximate surface area is 132 Å². The summed E-state index contributed by atoms with van der Waals surface area (Å²) in [4.78, 5) is 2.72. The second-order valence-corrected chi connectivity index (χ2v) is 8.77. The summed E-state index contributed by atoms with van der Waals surface area (Å²) in [5.74, 6) is 1.69. The fourth-order valence-corrected chi connectivity index (χ4v) is 5.20. The topological polar surface area (TPSA) is 29.3 Å². The van der Waals surface area contributed by atoms with Gasteiger partial charge in [-0.25, -0.2) is 0 Å². The van der Waals surface area contributed by atoms with Crippen LogP contribution in [0.1, 0.15) is 79.1 Å². The predicted molar refractivity (Wildman–Crippen MR) is 92.4 cm³/mol. The Morgan fingerprint density at radius 3 is 2.19 bits per heavy atom. The smallest absolute Gasteiger partial charge is 0.0357 e. The zero-order valence-electron chi connectivity index (χ0n) is 15.1. The zero-order valence-corrected chi connectivity index (χ0v) is 15.1. The summed E-state index contributed by atoms with van der Waals surface area (Å²) in [5.41, 5.74) is 7.08. The molecule has 0 heterocycles. The molecule has 124 valence electrons. The largest absolute Gasteiger partial charge is 0.329 e. The van der Waals surface area contributed by atoms with Gasteiger partial charge in [-0.2, -0.15) is 0 Å². The summed E-state index contributed by atoms with van der Waals surface area (Å²) in [6, 6.07) is 0.764. The first-order chi connectivity index (χ1) is 9.84. The van der Waals surface area contributed by atoms with E-state index in [0.717, 1.165) is 18.5 Å². The highest BCUT2D eigenvalue weighted by atomic mass is 15.2. The molecule has 2 nitrogen and oxygen atoms in total. The number of likely N-dealkylation sites (N-methyl/N-ethyl adjacent to an activating group) is 1. The number of nitrogens with zero attached hydrogens (tertiary/aromatic N) is 1. The summed E-state index contributed by atoms with van der Waals surface area (Å²) in [6.45, 7) is 10.5. The van der Waals surface area contributed by atoms with Crippen LogP contribution in [0.2, 0.25) is 0 Å². The van der Waals surface area contributed by atoms with Crippen molar-refractivity contribution in [1.29, 1.82) is 0 Å². The summed E-state index contributed by atoms with van der Waals surface area (Å²) >= 11 is 0. The maximum Gasteiger partial charge on any atom is 0.0357 e. The van der Waals surface area contributed by atoms with Crippen molar-refractivity contribution in [3.05, 3.63) is 0 Å². The van der Waals surface area contributed by atoms with E-state index in [4.69, 9.17) is 5.73 Å². The molecule has 0 amide bonds. The molecule has 0 aromatic heterocycles. The van der Waals surface area contributed by atoms with Gasteiger partial charge in [0.15, 0.2) is 0 Å². The molecular weight excluding hydrogens is 256 g/mol. The van der Waals surface area contributed by atoms with Gasteiger partial charge in [-0.05, 0) is 69.2 Å². The van der Waals surface area contributed by atoms with E-state index in [1.54, 1.807) is 0 Å². The van der Waals surface area contributed by atoms with Crippen LogP contribution in [0.5, 0.6) is 0 Å². The van der Waals surface area contributed by atoms with Gasteiger partial charge in [0, 0.05) is 18.1 Å². The van der Waals surface area contributed by atoms with Crippen LogP contribution in [0.25, 0.3) is 0 Å². The molecule has 2 aliphatic rings. The van der Waals surface area contributed by atoms with Gasteiger partial charge in [0.2, 0.25) is 0 Å². The monoisotopic (exact) mass is 294 g/mol. The Hall–Kier alpha value is -0.0800. The van der Waals surface area contributed by atoms with E-state index in [1.807, 2.05) is 0 Å². The third-order valence-electron chi connectivity index (χ3n) is 7.01. The van der Waals surface area contributed by atoms with E-state index in [-0.39, 0.29) is 5.54 Å². The molecule has 0 radical (unpaired) electrons. The van der Waals surface area contributed by atoms with E-state index in [2.05, 4.69) is 39.6 Å². The highest BCUT2D eigenvalue weighted by Crippen LogP contribution is 2.47. The van der Waals surface area contributed by atoms with Crippen molar-refractivity contribution in [2.45, 2.75) is 90.6 Å². The minimum Gasteiger partial charge on any atom is -0.329 e. The fourth-order valence-electron chi connectivity index (χ4n) is 5.20. The summed E-state index contributed by atoms with van der Waals surface area (Å²) < 4.78 is 0.